The number of morpholine rings is 1. The number of nitrogens with zero attached hydrogens (tertiary/aromatic N) is 4. The van der Waals surface area contributed by atoms with E-state index in [9.17, 15) is 4.79 Å². The molecule has 0 radical (unpaired) electrons. The number of nitrogens with one attached hydrogen (secondary N) is 1. The monoisotopic (exact) mass is 425 g/mol. The normalized spacial score (nSPS) is 22.4. The smallest absolute Gasteiger partial charge is 0.236 e. The Hall–Kier alpha value is -1.42. The fourth-order valence-electron chi connectivity index (χ4n) is 3.99. The highest BCUT2D eigenvalue weighted by Gasteiger charge is 2.24. The van der Waals surface area contributed by atoms with E-state index in [2.05, 4.69) is 22.0 Å². The maximum Gasteiger partial charge on any atom is 0.236 e. The quantitative estimate of drug-likeness (QED) is 0.334. The van der Waals surface area contributed by atoms with E-state index in [1.807, 2.05) is 4.90 Å². The number of guanidine groups is 1. The summed E-state index contributed by atoms with van der Waals surface area (Å²) >= 11 is 0. The van der Waals surface area contributed by atoms with E-state index in [-0.39, 0.29) is 5.91 Å². The first kappa shape index (κ1) is 23.2. The fraction of sp³-hybridized carbons (Fsp3) is 0.905. The lowest BCUT2D eigenvalue weighted by Gasteiger charge is -2.37. The van der Waals surface area contributed by atoms with Crippen LogP contribution in [0, 0.1) is 0 Å². The van der Waals surface area contributed by atoms with Gasteiger partial charge in [0.25, 0.3) is 0 Å². The molecule has 172 valence electrons. The summed E-state index contributed by atoms with van der Waals surface area (Å²) in [5.41, 5.74) is 0. The second-order valence-electron chi connectivity index (χ2n) is 8.03. The lowest BCUT2D eigenvalue weighted by atomic mass is 10.1. The summed E-state index contributed by atoms with van der Waals surface area (Å²) in [5, 5.41) is 3.41. The van der Waals surface area contributed by atoms with E-state index in [0.717, 1.165) is 84.3 Å². The summed E-state index contributed by atoms with van der Waals surface area (Å²) in [6.07, 6.45) is 3.29. The Labute approximate surface area is 180 Å². The van der Waals surface area contributed by atoms with Crippen molar-refractivity contribution in [2.24, 2.45) is 4.99 Å². The van der Waals surface area contributed by atoms with Crippen LogP contribution in [0.4, 0.5) is 0 Å². The molecule has 1 N–H and O–H groups in total. The van der Waals surface area contributed by atoms with Crippen LogP contribution in [0.2, 0.25) is 0 Å². The topological polar surface area (TPSA) is 78.9 Å². The minimum Gasteiger partial charge on any atom is -0.381 e. The van der Waals surface area contributed by atoms with E-state index >= 15 is 0 Å². The first-order valence-electron chi connectivity index (χ1n) is 11.6. The summed E-state index contributed by atoms with van der Waals surface area (Å²) < 4.78 is 16.6. The molecule has 3 saturated heterocycles. The van der Waals surface area contributed by atoms with Gasteiger partial charge in [-0.05, 0) is 26.2 Å². The van der Waals surface area contributed by atoms with Gasteiger partial charge in [0.2, 0.25) is 5.91 Å². The number of rotatable bonds is 8. The second-order valence-corrected chi connectivity index (χ2v) is 8.03. The molecule has 3 fully saturated rings. The number of aliphatic imine (C=N–C) groups is 1. The molecule has 3 heterocycles. The van der Waals surface area contributed by atoms with Crippen molar-refractivity contribution < 1.29 is 19.0 Å². The molecule has 0 unspecified atom stereocenters. The van der Waals surface area contributed by atoms with Gasteiger partial charge in [0.05, 0.1) is 25.9 Å². The molecular formula is C21H39N5O4. The van der Waals surface area contributed by atoms with Crippen LogP contribution < -0.4 is 5.32 Å². The van der Waals surface area contributed by atoms with E-state index in [4.69, 9.17) is 19.2 Å². The Kier molecular flexibility index (Phi) is 10.1. The molecule has 1 amide bonds. The first-order chi connectivity index (χ1) is 14.8. The third-order valence-electron chi connectivity index (χ3n) is 5.82. The molecule has 9 nitrogen and oxygen atoms in total. The predicted molar refractivity (Wildman–Crippen MR) is 116 cm³/mol. The van der Waals surface area contributed by atoms with Crippen molar-refractivity contribution >= 4 is 11.9 Å². The van der Waals surface area contributed by atoms with Crippen LogP contribution in [-0.2, 0) is 19.0 Å². The number of hydrogen-bond acceptors (Lipinski definition) is 6. The zero-order valence-electron chi connectivity index (χ0n) is 18.5. The van der Waals surface area contributed by atoms with Crippen LogP contribution >= 0.6 is 0 Å². The molecule has 0 aromatic rings. The molecule has 0 spiro atoms. The average molecular weight is 426 g/mol. The van der Waals surface area contributed by atoms with Gasteiger partial charge in [0.15, 0.2) is 5.96 Å². The highest BCUT2D eigenvalue weighted by atomic mass is 16.5. The lowest BCUT2D eigenvalue weighted by Crippen LogP contribution is -2.55. The third-order valence-corrected chi connectivity index (χ3v) is 5.82. The number of piperazine rings is 1. The molecule has 0 bridgehead atoms. The molecule has 3 rings (SSSR count). The molecule has 9 heteroatoms. The zero-order valence-corrected chi connectivity index (χ0v) is 18.5. The van der Waals surface area contributed by atoms with Gasteiger partial charge in [-0.15, -0.1) is 0 Å². The molecule has 3 aliphatic rings. The fourth-order valence-corrected chi connectivity index (χ4v) is 3.99. The Bertz CT molecular complexity index is 527. The molecule has 0 atom stereocenters. The summed E-state index contributed by atoms with van der Waals surface area (Å²) in [5.74, 6) is 1.19. The minimum atomic E-state index is 0.219. The average Bonchev–Trinajstić information content (AvgIpc) is 2.80. The number of amides is 1. The van der Waals surface area contributed by atoms with Gasteiger partial charge in [-0.25, -0.2) is 0 Å². The predicted octanol–water partition coefficient (Wildman–Crippen LogP) is 0.0140. The second kappa shape index (κ2) is 13.1. The Morgan fingerprint density at radius 2 is 1.70 bits per heavy atom. The summed E-state index contributed by atoms with van der Waals surface area (Å²) in [4.78, 5) is 23.7. The minimum absolute atomic E-state index is 0.219. The Morgan fingerprint density at radius 3 is 2.40 bits per heavy atom. The van der Waals surface area contributed by atoms with Crippen molar-refractivity contribution in [2.45, 2.75) is 32.3 Å². The van der Waals surface area contributed by atoms with Crippen molar-refractivity contribution in [1.29, 1.82) is 0 Å². The van der Waals surface area contributed by atoms with Crippen molar-refractivity contribution in [3.8, 4) is 0 Å². The molecule has 3 aliphatic heterocycles. The van der Waals surface area contributed by atoms with Crippen molar-refractivity contribution in [3.63, 3.8) is 0 Å². The highest BCUT2D eigenvalue weighted by molar-refractivity contribution is 5.80. The molecule has 0 aliphatic carbocycles. The number of carbonyl (C=O) groups excluding carboxylic acids is 1. The van der Waals surface area contributed by atoms with Crippen LogP contribution in [0.1, 0.15) is 26.2 Å². The molecule has 0 saturated carbocycles. The maximum atomic E-state index is 12.5. The number of hydrogen-bond donors (Lipinski definition) is 1. The van der Waals surface area contributed by atoms with Crippen LogP contribution in [0.15, 0.2) is 4.99 Å². The van der Waals surface area contributed by atoms with Crippen LogP contribution in [0.5, 0.6) is 0 Å². The largest absolute Gasteiger partial charge is 0.381 e. The molecule has 0 aromatic heterocycles. The highest BCUT2D eigenvalue weighted by Crippen LogP contribution is 2.11. The lowest BCUT2D eigenvalue weighted by molar-refractivity contribution is -0.136. The van der Waals surface area contributed by atoms with Crippen molar-refractivity contribution in [1.82, 2.24) is 20.0 Å². The summed E-state index contributed by atoms with van der Waals surface area (Å²) in [6, 6.07) is 0. The number of carbonyl (C=O) groups is 1. The van der Waals surface area contributed by atoms with E-state index in [1.165, 1.54) is 0 Å². The Morgan fingerprint density at radius 1 is 1.00 bits per heavy atom. The van der Waals surface area contributed by atoms with E-state index in [1.54, 1.807) is 0 Å². The van der Waals surface area contributed by atoms with Gasteiger partial charge in [-0.3, -0.25) is 14.7 Å². The van der Waals surface area contributed by atoms with Gasteiger partial charge in [0, 0.05) is 72.2 Å². The van der Waals surface area contributed by atoms with Gasteiger partial charge in [0.1, 0.15) is 0 Å². The summed E-state index contributed by atoms with van der Waals surface area (Å²) in [7, 11) is 0. The standard InChI is InChI=1S/C21H39N5O4/c1-2-22-21(23-6-3-13-30-19-4-14-28-15-5-19)26-9-7-24(8-10-26)18-20(27)25-11-16-29-17-12-25/h19H,2-18H2,1H3,(H,22,23). The Balaban J connectivity index is 1.35. The molecule has 30 heavy (non-hydrogen) atoms. The van der Waals surface area contributed by atoms with E-state index in [0.29, 0.717) is 39.0 Å². The third kappa shape index (κ3) is 7.68. The van der Waals surface area contributed by atoms with Gasteiger partial charge in [-0.2, -0.15) is 0 Å². The van der Waals surface area contributed by atoms with Crippen molar-refractivity contribution in [2.75, 3.05) is 91.9 Å². The van der Waals surface area contributed by atoms with Gasteiger partial charge < -0.3 is 29.3 Å². The van der Waals surface area contributed by atoms with Gasteiger partial charge in [-0.1, -0.05) is 0 Å². The number of ether oxygens (including phenoxy) is 3. The van der Waals surface area contributed by atoms with Crippen LogP contribution in [0.3, 0.4) is 0 Å². The van der Waals surface area contributed by atoms with Gasteiger partial charge >= 0.3 is 0 Å². The first-order valence-corrected chi connectivity index (χ1v) is 11.6. The SMILES string of the molecule is CCNC(=NCCCOC1CCOCC1)N1CCN(CC(=O)N2CCOCC2)CC1. The van der Waals surface area contributed by atoms with Crippen LogP contribution in [0.25, 0.3) is 0 Å². The van der Waals surface area contributed by atoms with Crippen LogP contribution in [-0.4, -0.2) is 125 Å². The maximum absolute atomic E-state index is 12.5. The zero-order chi connectivity index (χ0) is 21.0. The summed E-state index contributed by atoms with van der Waals surface area (Å²) in [6.45, 7) is 12.9. The molecular weight excluding hydrogens is 386 g/mol. The van der Waals surface area contributed by atoms with E-state index < -0.39 is 0 Å². The van der Waals surface area contributed by atoms with Crippen molar-refractivity contribution in [3.05, 3.63) is 0 Å². The molecule has 0 aromatic carbocycles.